The van der Waals surface area contributed by atoms with Gasteiger partial charge in [0.1, 0.15) is 11.5 Å². The molecule has 0 aliphatic carbocycles. The van der Waals surface area contributed by atoms with Crippen molar-refractivity contribution in [1.82, 2.24) is 40.1 Å². The largest absolute Gasteiger partial charge is 0.491 e. The van der Waals surface area contributed by atoms with Crippen molar-refractivity contribution in [3.8, 4) is 33.8 Å². The molecule has 7 rings (SSSR count). The van der Waals surface area contributed by atoms with E-state index in [1.54, 1.807) is 12.4 Å². The minimum absolute atomic E-state index is 0.0814. The molecule has 0 bridgehead atoms. The fourth-order valence-corrected chi connectivity index (χ4v) is 7.15. The quantitative estimate of drug-likeness (QED) is 0.132. The Morgan fingerprint density at radius 3 is 1.55 bits per heavy atom. The van der Waals surface area contributed by atoms with Crippen LogP contribution < -0.4 is 24.8 Å². The first-order valence-corrected chi connectivity index (χ1v) is 18.8. The molecule has 6 heterocycles. The minimum atomic E-state index is 0.0814. The van der Waals surface area contributed by atoms with Gasteiger partial charge >= 0.3 is 0 Å². The van der Waals surface area contributed by atoms with Crippen molar-refractivity contribution in [3.05, 3.63) is 97.6 Å². The minimum Gasteiger partial charge on any atom is -0.491 e. The SMILES string of the molecule is CC(C)Oc1cc(CN2CCC(N(c3ncc(-c4cccnc4)cn3)N(c3ncc(-c4cccnc4)cn3)C3CCNCC3)CC2)cc(OC(C)C)c1. The second-order valence-corrected chi connectivity index (χ2v) is 14.4. The van der Waals surface area contributed by atoms with Crippen LogP contribution in [0.4, 0.5) is 11.9 Å². The van der Waals surface area contributed by atoms with Gasteiger partial charge in [0.25, 0.3) is 0 Å². The first-order chi connectivity index (χ1) is 25.9. The van der Waals surface area contributed by atoms with Crippen molar-refractivity contribution in [2.24, 2.45) is 0 Å². The summed E-state index contributed by atoms with van der Waals surface area (Å²) in [4.78, 5) is 31.1. The van der Waals surface area contributed by atoms with E-state index < -0.39 is 0 Å². The Morgan fingerprint density at radius 2 is 1.11 bits per heavy atom. The fourth-order valence-electron chi connectivity index (χ4n) is 7.15. The lowest BCUT2D eigenvalue weighted by Gasteiger charge is -2.47. The summed E-state index contributed by atoms with van der Waals surface area (Å²) in [6, 6.07) is 14.5. The van der Waals surface area contributed by atoms with Gasteiger partial charge in [0.2, 0.25) is 11.9 Å². The maximum absolute atomic E-state index is 6.11. The number of hydrogen-bond acceptors (Lipinski definition) is 12. The number of aromatic nitrogens is 6. The molecule has 1 N–H and O–H groups in total. The Morgan fingerprint density at radius 1 is 0.642 bits per heavy atom. The molecular weight excluding hydrogens is 665 g/mol. The van der Waals surface area contributed by atoms with Crippen molar-refractivity contribution in [1.29, 1.82) is 0 Å². The molecule has 0 amide bonds. The van der Waals surface area contributed by atoms with E-state index in [9.17, 15) is 0 Å². The summed E-state index contributed by atoms with van der Waals surface area (Å²) >= 11 is 0. The molecule has 276 valence electrons. The summed E-state index contributed by atoms with van der Waals surface area (Å²) in [5.41, 5.74) is 4.99. The van der Waals surface area contributed by atoms with Crippen molar-refractivity contribution in [2.75, 3.05) is 36.2 Å². The van der Waals surface area contributed by atoms with Crippen molar-refractivity contribution >= 4 is 11.9 Å². The number of piperidine rings is 2. The zero-order valence-electron chi connectivity index (χ0n) is 31.2. The molecule has 0 atom stereocenters. The highest BCUT2D eigenvalue weighted by molar-refractivity contribution is 5.62. The summed E-state index contributed by atoms with van der Waals surface area (Å²) in [6.45, 7) is 12.7. The Bertz CT molecular complexity index is 1840. The van der Waals surface area contributed by atoms with Gasteiger partial charge in [0.05, 0.1) is 24.3 Å². The van der Waals surface area contributed by atoms with E-state index in [1.165, 1.54) is 5.56 Å². The van der Waals surface area contributed by atoms with E-state index >= 15 is 0 Å². The molecule has 4 aromatic heterocycles. The van der Waals surface area contributed by atoms with Crippen LogP contribution in [0.3, 0.4) is 0 Å². The van der Waals surface area contributed by atoms with Crippen LogP contribution in [0, 0.1) is 0 Å². The standard InChI is InChI=1S/C41H50N10O2/c1-29(2)52-38-19-31(20-39(21-38)53-30(3)4)28-49-17-11-37(12-18-49)51(41-47-26-35(27-48-41)33-8-6-14-44-23-33)50(36-9-15-42-16-10-36)40-45-24-34(25-46-40)32-7-5-13-43-22-32/h5-8,13-14,19-27,29-30,36-37,42H,9-12,15-18,28H2,1-4H3. The summed E-state index contributed by atoms with van der Waals surface area (Å²) in [7, 11) is 0. The second-order valence-electron chi connectivity index (χ2n) is 14.4. The molecule has 2 fully saturated rings. The summed E-state index contributed by atoms with van der Waals surface area (Å²) in [5, 5.41) is 8.12. The maximum Gasteiger partial charge on any atom is 0.244 e. The normalized spacial score (nSPS) is 15.8. The smallest absolute Gasteiger partial charge is 0.244 e. The van der Waals surface area contributed by atoms with E-state index in [2.05, 4.69) is 70.0 Å². The molecule has 0 radical (unpaired) electrons. The van der Waals surface area contributed by atoms with E-state index in [0.717, 1.165) is 92.2 Å². The average Bonchev–Trinajstić information content (AvgIpc) is 3.18. The number of ether oxygens (including phenoxy) is 2. The zero-order chi connectivity index (χ0) is 36.6. The molecule has 12 nitrogen and oxygen atoms in total. The monoisotopic (exact) mass is 714 g/mol. The number of nitrogens with zero attached hydrogens (tertiary/aromatic N) is 9. The summed E-state index contributed by atoms with van der Waals surface area (Å²) in [6.07, 6.45) is 18.7. The molecule has 0 saturated carbocycles. The van der Waals surface area contributed by atoms with E-state index in [1.807, 2.05) is 67.5 Å². The summed E-state index contributed by atoms with van der Waals surface area (Å²) in [5.74, 6) is 2.97. The number of nitrogens with one attached hydrogen (secondary N) is 1. The van der Waals surface area contributed by atoms with Crippen LogP contribution in [0.1, 0.15) is 58.9 Å². The van der Waals surface area contributed by atoms with Crippen LogP contribution >= 0.6 is 0 Å². The molecule has 2 aliphatic heterocycles. The molecule has 53 heavy (non-hydrogen) atoms. The van der Waals surface area contributed by atoms with Gasteiger partial charge in [0, 0.05) is 97.5 Å². The van der Waals surface area contributed by atoms with Crippen LogP contribution in [-0.2, 0) is 6.54 Å². The molecule has 5 aromatic rings. The number of anilines is 2. The van der Waals surface area contributed by atoms with Gasteiger partial charge in [-0.05, 0) is 96.3 Å². The molecule has 2 saturated heterocycles. The second kappa shape index (κ2) is 17.1. The number of benzene rings is 1. The van der Waals surface area contributed by atoms with Gasteiger partial charge < -0.3 is 14.8 Å². The highest BCUT2D eigenvalue weighted by Gasteiger charge is 2.36. The lowest BCUT2D eigenvalue weighted by atomic mass is 10.0. The fraction of sp³-hybridized carbons (Fsp3) is 0.415. The molecule has 0 unspecified atom stereocenters. The highest BCUT2D eigenvalue weighted by Crippen LogP contribution is 2.32. The van der Waals surface area contributed by atoms with E-state index in [-0.39, 0.29) is 24.3 Å². The molecule has 2 aliphatic rings. The lowest BCUT2D eigenvalue weighted by Crippen LogP contribution is -2.59. The van der Waals surface area contributed by atoms with Gasteiger partial charge in [-0.2, -0.15) is 0 Å². The predicted molar refractivity (Wildman–Crippen MR) is 208 cm³/mol. The number of likely N-dealkylation sites (tertiary alicyclic amines) is 1. The van der Waals surface area contributed by atoms with Crippen molar-refractivity contribution < 1.29 is 9.47 Å². The third-order valence-corrected chi connectivity index (χ3v) is 9.56. The lowest BCUT2D eigenvalue weighted by molar-refractivity contribution is 0.195. The summed E-state index contributed by atoms with van der Waals surface area (Å²) < 4.78 is 12.2. The third-order valence-electron chi connectivity index (χ3n) is 9.56. The Hall–Kier alpha value is -5.20. The third kappa shape index (κ3) is 9.24. The number of hydrogen-bond donors (Lipinski definition) is 1. The van der Waals surface area contributed by atoms with Crippen LogP contribution in [-0.4, -0.2) is 85.3 Å². The number of pyridine rings is 2. The first-order valence-electron chi connectivity index (χ1n) is 18.8. The Kier molecular flexibility index (Phi) is 11.7. The predicted octanol–water partition coefficient (Wildman–Crippen LogP) is 6.61. The molecular formula is C41H50N10O2. The van der Waals surface area contributed by atoms with Gasteiger partial charge in [-0.15, -0.1) is 0 Å². The number of rotatable bonds is 13. The topological polar surface area (TPSA) is 118 Å². The maximum atomic E-state index is 6.11. The molecule has 12 heteroatoms. The van der Waals surface area contributed by atoms with Gasteiger partial charge in [-0.1, -0.05) is 12.1 Å². The molecule has 1 aromatic carbocycles. The Labute approximate surface area is 312 Å². The Balaban J connectivity index is 1.18. The van der Waals surface area contributed by atoms with Gasteiger partial charge in [-0.3, -0.25) is 14.9 Å². The van der Waals surface area contributed by atoms with E-state index in [4.69, 9.17) is 29.4 Å². The van der Waals surface area contributed by atoms with Gasteiger partial charge in [0.15, 0.2) is 0 Å². The van der Waals surface area contributed by atoms with Gasteiger partial charge in [-0.25, -0.2) is 30.0 Å². The van der Waals surface area contributed by atoms with Crippen LogP contribution in [0.25, 0.3) is 22.3 Å². The van der Waals surface area contributed by atoms with Crippen molar-refractivity contribution in [2.45, 2.75) is 84.2 Å². The zero-order valence-corrected chi connectivity index (χ0v) is 31.2. The van der Waals surface area contributed by atoms with Crippen molar-refractivity contribution in [3.63, 3.8) is 0 Å². The van der Waals surface area contributed by atoms with Crippen LogP contribution in [0.15, 0.2) is 92.0 Å². The highest BCUT2D eigenvalue weighted by atomic mass is 16.5. The number of hydrazine groups is 1. The van der Waals surface area contributed by atoms with E-state index in [0.29, 0.717) is 11.9 Å². The van der Waals surface area contributed by atoms with Crippen LogP contribution in [0.5, 0.6) is 11.5 Å². The first kappa shape index (κ1) is 36.2. The molecule has 0 spiro atoms. The van der Waals surface area contributed by atoms with Crippen LogP contribution in [0.2, 0.25) is 0 Å². The average molecular weight is 715 g/mol.